The Hall–Kier alpha value is 0.130. The quantitative estimate of drug-likeness (QED) is 0.713. The molecule has 0 radical (unpaired) electrons. The largest absolute Gasteiger partial charge is 0.320 e. The van der Waals surface area contributed by atoms with Crippen LogP contribution in [0.1, 0.15) is 32.1 Å². The molecule has 2 N–H and O–H groups in total. The minimum Gasteiger partial charge on any atom is -0.320 e. The Morgan fingerprint density at radius 1 is 1.43 bits per heavy atom. The number of hydrogen-bond acceptors (Lipinski definition) is 4. The normalized spacial score (nSPS) is 23.0. The van der Waals surface area contributed by atoms with E-state index in [0.717, 1.165) is 25.7 Å². The zero-order valence-corrected chi connectivity index (χ0v) is 9.86. The molecule has 0 amide bonds. The second-order valence-electron chi connectivity index (χ2n) is 3.67. The first-order chi connectivity index (χ1) is 6.66. The van der Waals surface area contributed by atoms with Gasteiger partial charge in [-0.2, -0.15) is 12.6 Å². The van der Waals surface area contributed by atoms with Crippen molar-refractivity contribution in [1.29, 1.82) is 0 Å². The van der Waals surface area contributed by atoms with Gasteiger partial charge in [-0.1, -0.05) is 19.3 Å². The number of rotatable bonds is 3. The third-order valence-corrected chi connectivity index (χ3v) is 4.72. The first-order valence-corrected chi connectivity index (χ1v) is 6.82. The molecule has 2 atom stereocenters. The van der Waals surface area contributed by atoms with Crippen molar-refractivity contribution in [2.45, 2.75) is 43.4 Å². The Morgan fingerprint density at radius 3 is 2.50 bits per heavy atom. The summed E-state index contributed by atoms with van der Waals surface area (Å²) in [5, 5.41) is -0.283. The lowest BCUT2D eigenvalue weighted by molar-refractivity contribution is -0.112. The Morgan fingerprint density at radius 2 is 2.00 bits per heavy atom. The van der Waals surface area contributed by atoms with Crippen LogP contribution in [0, 0.1) is 0 Å². The van der Waals surface area contributed by atoms with Gasteiger partial charge in [-0.3, -0.25) is 9.00 Å². The van der Waals surface area contributed by atoms with E-state index >= 15 is 0 Å². The molecule has 1 unspecified atom stereocenters. The van der Waals surface area contributed by atoms with Crippen molar-refractivity contribution in [1.82, 2.24) is 0 Å². The molecule has 1 aliphatic rings. The molecule has 1 rings (SSSR count). The van der Waals surface area contributed by atoms with E-state index in [4.69, 9.17) is 5.73 Å². The van der Waals surface area contributed by atoms with E-state index in [1.807, 2.05) is 0 Å². The molecule has 0 spiro atoms. The van der Waals surface area contributed by atoms with E-state index in [9.17, 15) is 9.00 Å². The molecule has 1 saturated carbocycles. The molecular formula is C9H17NO2S2. The highest BCUT2D eigenvalue weighted by atomic mass is 32.2. The van der Waals surface area contributed by atoms with Crippen molar-refractivity contribution in [3.05, 3.63) is 0 Å². The second kappa shape index (κ2) is 5.88. The van der Waals surface area contributed by atoms with Crippen molar-refractivity contribution in [2.24, 2.45) is 5.73 Å². The molecule has 82 valence electrons. The molecular weight excluding hydrogens is 218 g/mol. The molecule has 0 aliphatic heterocycles. The minimum atomic E-state index is -1.39. The monoisotopic (exact) mass is 235 g/mol. The van der Waals surface area contributed by atoms with Gasteiger partial charge in [0.1, 0.15) is 0 Å². The highest BCUT2D eigenvalue weighted by Gasteiger charge is 2.28. The maximum absolute atomic E-state index is 11.7. The van der Waals surface area contributed by atoms with Gasteiger partial charge in [0.05, 0.1) is 16.8 Å². The van der Waals surface area contributed by atoms with E-state index in [-0.39, 0.29) is 16.1 Å². The van der Waals surface area contributed by atoms with Crippen LogP contribution < -0.4 is 5.73 Å². The van der Waals surface area contributed by atoms with Gasteiger partial charge >= 0.3 is 0 Å². The highest BCUT2D eigenvalue weighted by Crippen LogP contribution is 2.22. The standard InChI is InChI=1S/C9H17NO2S2/c10-8(6-13)9(11)14(12)7-4-2-1-3-5-7/h7-8,13H,1-6,10H2/t8-,14?/m0/s1. The Balaban J connectivity index is 2.50. The van der Waals surface area contributed by atoms with E-state index in [1.54, 1.807) is 0 Å². The molecule has 1 aliphatic carbocycles. The van der Waals surface area contributed by atoms with Crippen LogP contribution in [-0.4, -0.2) is 26.4 Å². The average molecular weight is 235 g/mol. The van der Waals surface area contributed by atoms with Crippen LogP contribution in [-0.2, 0) is 15.6 Å². The number of nitrogens with two attached hydrogens (primary N) is 1. The Bertz CT molecular complexity index is 227. The molecule has 0 aromatic rings. The molecule has 0 aromatic carbocycles. The lowest BCUT2D eigenvalue weighted by atomic mass is 10.0. The molecule has 0 saturated heterocycles. The Kier molecular flexibility index (Phi) is 5.12. The maximum atomic E-state index is 11.7. The van der Waals surface area contributed by atoms with Crippen molar-refractivity contribution >= 4 is 28.5 Å². The van der Waals surface area contributed by atoms with Crippen molar-refractivity contribution in [3.63, 3.8) is 0 Å². The smallest absolute Gasteiger partial charge is 0.236 e. The van der Waals surface area contributed by atoms with E-state index in [1.165, 1.54) is 6.42 Å². The molecule has 1 fully saturated rings. The van der Waals surface area contributed by atoms with Gasteiger partial charge in [-0.25, -0.2) is 0 Å². The third-order valence-electron chi connectivity index (χ3n) is 2.55. The highest BCUT2D eigenvalue weighted by molar-refractivity contribution is 8.01. The predicted octanol–water partition coefficient (Wildman–Crippen LogP) is 0.851. The second-order valence-corrected chi connectivity index (χ2v) is 5.69. The zero-order chi connectivity index (χ0) is 10.6. The summed E-state index contributed by atoms with van der Waals surface area (Å²) < 4.78 is 11.7. The van der Waals surface area contributed by atoms with Gasteiger partial charge in [0.25, 0.3) is 0 Å². The first kappa shape index (κ1) is 12.2. The van der Waals surface area contributed by atoms with Crippen LogP contribution in [0.4, 0.5) is 0 Å². The van der Waals surface area contributed by atoms with Crippen LogP contribution in [0.2, 0.25) is 0 Å². The topological polar surface area (TPSA) is 60.2 Å². The van der Waals surface area contributed by atoms with E-state index in [0.29, 0.717) is 0 Å². The number of carbonyl (C=O) groups excluding carboxylic acids is 1. The van der Waals surface area contributed by atoms with Crippen LogP contribution in [0.25, 0.3) is 0 Å². The fraction of sp³-hybridized carbons (Fsp3) is 0.889. The lowest BCUT2D eigenvalue weighted by Crippen LogP contribution is -2.38. The van der Waals surface area contributed by atoms with Crippen molar-refractivity contribution < 1.29 is 9.00 Å². The summed E-state index contributed by atoms with van der Waals surface area (Å²) in [5.41, 5.74) is 5.51. The van der Waals surface area contributed by atoms with E-state index in [2.05, 4.69) is 12.6 Å². The lowest BCUT2D eigenvalue weighted by Gasteiger charge is -2.21. The first-order valence-electron chi connectivity index (χ1n) is 4.97. The summed E-state index contributed by atoms with van der Waals surface area (Å²) in [6.45, 7) is 0. The average Bonchev–Trinajstić information content (AvgIpc) is 2.27. The number of hydrogen-bond donors (Lipinski definition) is 2. The predicted molar refractivity (Wildman–Crippen MR) is 61.9 cm³/mol. The van der Waals surface area contributed by atoms with Gasteiger partial charge in [0, 0.05) is 11.0 Å². The molecule has 3 nitrogen and oxygen atoms in total. The number of thiol groups is 1. The SMILES string of the molecule is N[C@@H](CS)C(=O)S(=O)C1CCCCC1. The van der Waals surface area contributed by atoms with E-state index < -0.39 is 16.8 Å². The minimum absolute atomic E-state index is 0.0437. The maximum Gasteiger partial charge on any atom is 0.236 e. The molecule has 0 heterocycles. The summed E-state index contributed by atoms with van der Waals surface area (Å²) >= 11 is 3.93. The van der Waals surface area contributed by atoms with Gasteiger partial charge in [0.2, 0.25) is 5.12 Å². The Labute approximate surface area is 92.7 Å². The third kappa shape index (κ3) is 3.07. The van der Waals surface area contributed by atoms with Crippen LogP contribution in [0.3, 0.4) is 0 Å². The van der Waals surface area contributed by atoms with Gasteiger partial charge < -0.3 is 5.73 Å². The van der Waals surface area contributed by atoms with Crippen LogP contribution >= 0.6 is 12.6 Å². The van der Waals surface area contributed by atoms with Crippen molar-refractivity contribution in [2.75, 3.05) is 5.75 Å². The zero-order valence-electron chi connectivity index (χ0n) is 8.15. The molecule has 14 heavy (non-hydrogen) atoms. The summed E-state index contributed by atoms with van der Waals surface area (Å²) in [4.78, 5) is 11.5. The summed E-state index contributed by atoms with van der Waals surface area (Å²) in [7, 11) is -1.39. The molecule has 5 heteroatoms. The molecule has 0 aromatic heterocycles. The van der Waals surface area contributed by atoms with Crippen molar-refractivity contribution in [3.8, 4) is 0 Å². The summed E-state index contributed by atoms with van der Waals surface area (Å²) in [5.74, 6) is 0.275. The number of carbonyl (C=O) groups is 1. The summed E-state index contributed by atoms with van der Waals surface area (Å²) in [6, 6.07) is -0.666. The van der Waals surface area contributed by atoms with Crippen LogP contribution in [0.15, 0.2) is 0 Å². The van der Waals surface area contributed by atoms with Gasteiger partial charge in [-0.15, -0.1) is 0 Å². The van der Waals surface area contributed by atoms with Crippen LogP contribution in [0.5, 0.6) is 0 Å². The fourth-order valence-electron chi connectivity index (χ4n) is 1.67. The molecule has 0 bridgehead atoms. The fourth-order valence-corrected chi connectivity index (χ4v) is 3.43. The summed E-state index contributed by atoms with van der Waals surface area (Å²) in [6.07, 6.45) is 5.16. The van der Waals surface area contributed by atoms with Gasteiger partial charge in [-0.05, 0) is 12.8 Å². The van der Waals surface area contributed by atoms with Gasteiger partial charge in [0.15, 0.2) is 0 Å².